The average molecular weight is 531 g/mol. The molecule has 2 fully saturated rings. The molecule has 0 radical (unpaired) electrons. The highest BCUT2D eigenvalue weighted by Crippen LogP contribution is 2.47. The van der Waals surface area contributed by atoms with Crippen LogP contribution in [0.4, 0.5) is 5.69 Å². The highest BCUT2D eigenvalue weighted by molar-refractivity contribution is 7.92. The molecule has 0 aromatic heterocycles. The zero-order chi connectivity index (χ0) is 26.0. The standard InChI is InChI=1S/C27H34N2O7S/c1-34-19-8-5-9-21(13-19)37(32,33)29-18-10-11-24-22(12-18)23-14-20(35-25(16-30)27(23)36-24)15-26(31)28-17-6-3-2-4-7-17/h5,8-13,17,20,23,25,27,29-30H,2-4,6-7,14-16H2,1H3,(H,28,31)/t20-,23-,25-,27+/m0/s1. The number of aliphatic hydroxyl groups excluding tert-OH is 1. The van der Waals surface area contributed by atoms with Gasteiger partial charge in [0.05, 0.1) is 31.1 Å². The molecule has 37 heavy (non-hydrogen) atoms. The van der Waals surface area contributed by atoms with Gasteiger partial charge in [0.2, 0.25) is 5.91 Å². The van der Waals surface area contributed by atoms with Crippen LogP contribution in [0.1, 0.15) is 56.4 Å². The smallest absolute Gasteiger partial charge is 0.262 e. The molecule has 1 aliphatic carbocycles. The normalized spacial score (nSPS) is 25.5. The number of hydrogen-bond acceptors (Lipinski definition) is 7. The maximum Gasteiger partial charge on any atom is 0.262 e. The highest BCUT2D eigenvalue weighted by Gasteiger charge is 2.46. The summed E-state index contributed by atoms with van der Waals surface area (Å²) in [6.45, 7) is -0.231. The zero-order valence-corrected chi connectivity index (χ0v) is 21.7. The second-order valence-corrected chi connectivity index (χ2v) is 11.7. The SMILES string of the molecule is COc1cccc(S(=O)(=O)Nc2ccc3c(c2)[C@@H]2C[C@@H](CC(=O)NC4CCCCC4)O[C@@H](CO)[C@@H]2O3)c1. The van der Waals surface area contributed by atoms with Crippen LogP contribution in [0.3, 0.4) is 0 Å². The third-order valence-electron chi connectivity index (χ3n) is 7.49. The number of benzene rings is 2. The second kappa shape index (κ2) is 10.9. The minimum absolute atomic E-state index is 0.0361. The number of nitrogens with one attached hydrogen (secondary N) is 2. The van der Waals surface area contributed by atoms with Gasteiger partial charge in [-0.2, -0.15) is 0 Å². The first-order valence-corrected chi connectivity index (χ1v) is 14.4. The van der Waals surface area contributed by atoms with Gasteiger partial charge in [-0.15, -0.1) is 0 Å². The number of ether oxygens (including phenoxy) is 3. The average Bonchev–Trinajstić information content (AvgIpc) is 3.26. The fourth-order valence-electron chi connectivity index (χ4n) is 5.68. The first kappa shape index (κ1) is 25.8. The maximum atomic E-state index is 13.0. The van der Waals surface area contributed by atoms with E-state index >= 15 is 0 Å². The van der Waals surface area contributed by atoms with E-state index in [0.717, 1.165) is 31.2 Å². The lowest BCUT2D eigenvalue weighted by atomic mass is 9.84. The van der Waals surface area contributed by atoms with Crippen LogP contribution in [0.15, 0.2) is 47.4 Å². The van der Waals surface area contributed by atoms with Gasteiger partial charge in [0, 0.05) is 29.3 Å². The van der Waals surface area contributed by atoms with Crippen LogP contribution < -0.4 is 19.5 Å². The van der Waals surface area contributed by atoms with Crippen molar-refractivity contribution in [2.24, 2.45) is 0 Å². The fourth-order valence-corrected chi connectivity index (χ4v) is 6.76. The Balaban J connectivity index is 1.31. The molecule has 0 unspecified atom stereocenters. The topological polar surface area (TPSA) is 123 Å². The van der Waals surface area contributed by atoms with Gasteiger partial charge in [0.15, 0.2) is 0 Å². The predicted molar refractivity (Wildman–Crippen MR) is 137 cm³/mol. The van der Waals surface area contributed by atoms with Crippen LogP contribution in [-0.4, -0.2) is 57.5 Å². The summed E-state index contributed by atoms with van der Waals surface area (Å²) in [5, 5.41) is 13.1. The van der Waals surface area contributed by atoms with Gasteiger partial charge >= 0.3 is 0 Å². The predicted octanol–water partition coefficient (Wildman–Crippen LogP) is 3.33. The molecule has 1 saturated heterocycles. The summed E-state index contributed by atoms with van der Waals surface area (Å²) < 4.78 is 46.0. The van der Waals surface area contributed by atoms with Crippen molar-refractivity contribution < 1.29 is 32.5 Å². The molecule has 2 aromatic rings. The molecule has 4 atom stereocenters. The van der Waals surface area contributed by atoms with E-state index < -0.39 is 22.2 Å². The Morgan fingerprint density at radius 2 is 1.95 bits per heavy atom. The van der Waals surface area contributed by atoms with Gasteiger partial charge in [-0.1, -0.05) is 25.3 Å². The molecule has 9 nitrogen and oxygen atoms in total. The van der Waals surface area contributed by atoms with Crippen molar-refractivity contribution in [1.29, 1.82) is 0 Å². The van der Waals surface area contributed by atoms with Crippen molar-refractivity contribution in [3.8, 4) is 11.5 Å². The fraction of sp³-hybridized carbons (Fsp3) is 0.519. The van der Waals surface area contributed by atoms with Crippen LogP contribution in [0.25, 0.3) is 0 Å². The molecular formula is C27H34N2O7S. The summed E-state index contributed by atoms with van der Waals surface area (Å²) in [7, 11) is -2.35. The minimum Gasteiger partial charge on any atom is -0.497 e. The summed E-state index contributed by atoms with van der Waals surface area (Å²) in [4.78, 5) is 12.8. The lowest BCUT2D eigenvalue weighted by Crippen LogP contribution is -2.48. The molecule has 200 valence electrons. The quantitative estimate of drug-likeness (QED) is 0.478. The summed E-state index contributed by atoms with van der Waals surface area (Å²) >= 11 is 0. The molecule has 0 bridgehead atoms. The van der Waals surface area contributed by atoms with Gasteiger partial charge < -0.3 is 24.6 Å². The molecule has 2 heterocycles. The summed E-state index contributed by atoms with van der Waals surface area (Å²) in [6.07, 6.45) is 4.93. The van der Waals surface area contributed by atoms with E-state index in [9.17, 15) is 18.3 Å². The van der Waals surface area contributed by atoms with Crippen LogP contribution in [0.2, 0.25) is 0 Å². The number of sulfonamides is 1. The molecule has 5 rings (SSSR count). The van der Waals surface area contributed by atoms with Gasteiger partial charge in [-0.05, 0) is 49.6 Å². The molecule has 10 heteroatoms. The van der Waals surface area contributed by atoms with E-state index in [1.165, 1.54) is 25.7 Å². The van der Waals surface area contributed by atoms with E-state index in [4.69, 9.17) is 14.2 Å². The first-order valence-electron chi connectivity index (χ1n) is 12.9. The summed E-state index contributed by atoms with van der Waals surface area (Å²) in [6, 6.07) is 11.6. The van der Waals surface area contributed by atoms with Crippen LogP contribution in [-0.2, 0) is 19.6 Å². The van der Waals surface area contributed by atoms with Crippen LogP contribution in [0, 0.1) is 0 Å². The van der Waals surface area contributed by atoms with Gasteiger partial charge in [-0.3, -0.25) is 9.52 Å². The molecule has 2 aliphatic heterocycles. The number of methoxy groups -OCH3 is 1. The maximum absolute atomic E-state index is 13.0. The third-order valence-corrected chi connectivity index (χ3v) is 8.87. The van der Waals surface area contributed by atoms with Crippen LogP contribution >= 0.6 is 0 Å². The zero-order valence-electron chi connectivity index (χ0n) is 20.9. The molecule has 3 N–H and O–H groups in total. The Hall–Kier alpha value is -2.82. The van der Waals surface area contributed by atoms with E-state index in [-0.39, 0.29) is 41.9 Å². The first-order chi connectivity index (χ1) is 17.9. The molecule has 2 aromatic carbocycles. The summed E-state index contributed by atoms with van der Waals surface area (Å²) in [5.74, 6) is 0.915. The van der Waals surface area contributed by atoms with Crippen molar-refractivity contribution in [3.05, 3.63) is 48.0 Å². The molecular weight excluding hydrogens is 496 g/mol. The van der Waals surface area contributed by atoms with E-state index in [2.05, 4.69) is 10.0 Å². The van der Waals surface area contributed by atoms with Crippen molar-refractivity contribution in [3.63, 3.8) is 0 Å². The highest BCUT2D eigenvalue weighted by atomic mass is 32.2. The number of amides is 1. The minimum atomic E-state index is -3.84. The number of rotatable bonds is 8. The van der Waals surface area contributed by atoms with E-state index in [0.29, 0.717) is 23.6 Å². The summed E-state index contributed by atoms with van der Waals surface area (Å²) in [5.41, 5.74) is 1.25. The number of hydrogen-bond donors (Lipinski definition) is 3. The number of carbonyl (C=O) groups excluding carboxylic acids is 1. The third kappa shape index (κ3) is 5.71. The Kier molecular flexibility index (Phi) is 7.60. The van der Waals surface area contributed by atoms with Crippen molar-refractivity contribution in [1.82, 2.24) is 5.32 Å². The molecule has 3 aliphatic rings. The Morgan fingerprint density at radius 3 is 2.70 bits per heavy atom. The number of carbonyl (C=O) groups is 1. The Morgan fingerprint density at radius 1 is 1.14 bits per heavy atom. The largest absolute Gasteiger partial charge is 0.497 e. The van der Waals surface area contributed by atoms with Gasteiger partial charge in [0.1, 0.15) is 23.7 Å². The van der Waals surface area contributed by atoms with Crippen LogP contribution in [0.5, 0.6) is 11.5 Å². The number of anilines is 1. The molecule has 1 saturated carbocycles. The Bertz CT molecular complexity index is 1230. The molecule has 0 spiro atoms. The lowest BCUT2D eigenvalue weighted by molar-refractivity contribution is -0.142. The van der Waals surface area contributed by atoms with Crippen molar-refractivity contribution >= 4 is 21.6 Å². The van der Waals surface area contributed by atoms with Crippen molar-refractivity contribution in [2.75, 3.05) is 18.4 Å². The number of aliphatic hydroxyl groups is 1. The molecule has 1 amide bonds. The van der Waals surface area contributed by atoms with Gasteiger partial charge in [-0.25, -0.2) is 8.42 Å². The van der Waals surface area contributed by atoms with E-state index in [1.807, 2.05) is 0 Å². The van der Waals surface area contributed by atoms with E-state index in [1.54, 1.807) is 30.3 Å². The lowest BCUT2D eigenvalue weighted by Gasteiger charge is -2.37. The monoisotopic (exact) mass is 530 g/mol. The second-order valence-electron chi connectivity index (χ2n) is 10.0. The Labute approximate surface area is 217 Å². The van der Waals surface area contributed by atoms with Crippen molar-refractivity contribution in [2.45, 2.75) is 80.1 Å². The number of fused-ring (bicyclic) bond motifs is 3. The van der Waals surface area contributed by atoms with Gasteiger partial charge in [0.25, 0.3) is 10.0 Å².